The summed E-state index contributed by atoms with van der Waals surface area (Å²) in [7, 11) is 0. The monoisotopic (exact) mass is 134 g/mol. The van der Waals surface area contributed by atoms with Crippen molar-refractivity contribution in [1.82, 2.24) is 0 Å². The first-order valence-corrected chi connectivity index (χ1v) is 2.99. The summed E-state index contributed by atoms with van der Waals surface area (Å²) >= 11 is 0. The number of nitrogens with zero attached hydrogens (tertiary/aromatic N) is 1. The molecule has 0 aliphatic heterocycles. The second-order valence-corrected chi connectivity index (χ2v) is 1.57. The molecule has 0 heterocycles. The third kappa shape index (κ3) is 3.62. The van der Waals surface area contributed by atoms with E-state index in [2.05, 4.69) is 10.9 Å². The van der Waals surface area contributed by atoms with E-state index in [1.54, 1.807) is 12.3 Å². The third-order valence-corrected chi connectivity index (χ3v) is 0.875. The summed E-state index contributed by atoms with van der Waals surface area (Å²) in [6, 6.07) is 0. The standard InChI is InChI=1S/C8H10N2/c1-3-8(4-2)10-7-5-6-9/h1,4,6-7,9H,5H2,2H3/b8-4-,9-6?,10-7?. The first-order valence-electron chi connectivity index (χ1n) is 2.99. The van der Waals surface area contributed by atoms with Crippen molar-refractivity contribution in [3.05, 3.63) is 11.8 Å². The normalized spacial score (nSPS) is 11.4. The highest BCUT2D eigenvalue weighted by molar-refractivity contribution is 5.78. The van der Waals surface area contributed by atoms with Crippen LogP contribution in [0.2, 0.25) is 0 Å². The van der Waals surface area contributed by atoms with Crippen molar-refractivity contribution < 1.29 is 0 Å². The molecule has 0 fully saturated rings. The fraction of sp³-hybridized carbons (Fsp3) is 0.250. The molecular formula is C8H10N2. The number of hydrogen-bond donors (Lipinski definition) is 1. The molecule has 0 unspecified atom stereocenters. The fourth-order valence-corrected chi connectivity index (χ4v) is 0.399. The number of hydrogen-bond acceptors (Lipinski definition) is 2. The Bertz CT molecular complexity index is 194. The Balaban J connectivity index is 3.89. The smallest absolute Gasteiger partial charge is 0.108 e. The maximum absolute atomic E-state index is 6.67. The van der Waals surface area contributed by atoms with E-state index < -0.39 is 0 Å². The van der Waals surface area contributed by atoms with Crippen LogP contribution in [0.3, 0.4) is 0 Å². The molecule has 0 amide bonds. The fourth-order valence-electron chi connectivity index (χ4n) is 0.399. The van der Waals surface area contributed by atoms with Crippen molar-refractivity contribution >= 4 is 12.4 Å². The van der Waals surface area contributed by atoms with Gasteiger partial charge in [0, 0.05) is 18.9 Å². The predicted octanol–water partition coefficient (Wildman–Crippen LogP) is 1.63. The van der Waals surface area contributed by atoms with Crippen LogP contribution in [0, 0.1) is 17.8 Å². The van der Waals surface area contributed by atoms with Crippen LogP contribution in [-0.4, -0.2) is 12.4 Å². The molecule has 0 atom stereocenters. The molecule has 0 radical (unpaired) electrons. The molecule has 52 valence electrons. The lowest BCUT2D eigenvalue weighted by atomic mass is 10.4. The number of terminal acetylenes is 1. The zero-order chi connectivity index (χ0) is 7.82. The second kappa shape index (κ2) is 5.77. The Morgan fingerprint density at radius 2 is 2.50 bits per heavy atom. The summed E-state index contributed by atoms with van der Waals surface area (Å²) in [5.41, 5.74) is 0.613. The molecule has 0 aromatic heterocycles. The summed E-state index contributed by atoms with van der Waals surface area (Å²) in [5, 5.41) is 6.67. The van der Waals surface area contributed by atoms with Gasteiger partial charge in [-0.2, -0.15) is 0 Å². The van der Waals surface area contributed by atoms with Gasteiger partial charge in [-0.1, -0.05) is 12.0 Å². The molecule has 2 heteroatoms. The molecule has 0 aliphatic rings. The predicted molar refractivity (Wildman–Crippen MR) is 44.5 cm³/mol. The van der Waals surface area contributed by atoms with E-state index in [1.807, 2.05) is 6.92 Å². The Morgan fingerprint density at radius 3 is 2.90 bits per heavy atom. The van der Waals surface area contributed by atoms with Gasteiger partial charge in [-0.3, -0.25) is 4.99 Å². The molecule has 0 saturated heterocycles. The van der Waals surface area contributed by atoms with Crippen LogP contribution in [0.15, 0.2) is 16.8 Å². The van der Waals surface area contributed by atoms with Gasteiger partial charge < -0.3 is 5.41 Å². The van der Waals surface area contributed by atoms with Crippen LogP contribution in [0.1, 0.15) is 13.3 Å². The lowest BCUT2D eigenvalue weighted by Gasteiger charge is -1.84. The van der Waals surface area contributed by atoms with E-state index in [-0.39, 0.29) is 0 Å². The molecule has 0 saturated carbocycles. The van der Waals surface area contributed by atoms with E-state index in [1.165, 1.54) is 6.21 Å². The average Bonchev–Trinajstić information content (AvgIpc) is 1.99. The molecular weight excluding hydrogens is 124 g/mol. The van der Waals surface area contributed by atoms with Crippen molar-refractivity contribution in [2.75, 3.05) is 0 Å². The SMILES string of the molecule is C#C/C(=C/C)N=CCC=N. The van der Waals surface area contributed by atoms with E-state index in [0.717, 1.165) is 0 Å². The molecule has 0 aromatic rings. The van der Waals surface area contributed by atoms with Crippen molar-refractivity contribution in [2.24, 2.45) is 4.99 Å². The molecule has 0 bridgehead atoms. The van der Waals surface area contributed by atoms with Crippen molar-refractivity contribution in [1.29, 1.82) is 5.41 Å². The third-order valence-electron chi connectivity index (χ3n) is 0.875. The van der Waals surface area contributed by atoms with Crippen LogP contribution in [0.5, 0.6) is 0 Å². The van der Waals surface area contributed by atoms with Crippen LogP contribution in [-0.2, 0) is 0 Å². The molecule has 0 spiro atoms. The first kappa shape index (κ1) is 8.64. The first-order chi connectivity index (χ1) is 4.85. The maximum atomic E-state index is 6.67. The van der Waals surface area contributed by atoms with Crippen molar-refractivity contribution in [3.8, 4) is 12.3 Å². The minimum absolute atomic E-state index is 0.541. The van der Waals surface area contributed by atoms with E-state index in [9.17, 15) is 0 Å². The van der Waals surface area contributed by atoms with E-state index >= 15 is 0 Å². The van der Waals surface area contributed by atoms with Gasteiger partial charge in [0.15, 0.2) is 0 Å². The quantitative estimate of drug-likeness (QED) is 0.450. The molecule has 0 aliphatic carbocycles. The van der Waals surface area contributed by atoms with Gasteiger partial charge in [-0.05, 0) is 6.92 Å². The van der Waals surface area contributed by atoms with Crippen LogP contribution in [0.4, 0.5) is 0 Å². The molecule has 0 aromatic carbocycles. The average molecular weight is 134 g/mol. The minimum Gasteiger partial charge on any atom is -0.313 e. The molecule has 1 N–H and O–H groups in total. The topological polar surface area (TPSA) is 36.2 Å². The van der Waals surface area contributed by atoms with Gasteiger partial charge in [0.1, 0.15) is 5.70 Å². The number of allylic oxidation sites excluding steroid dienone is 2. The number of rotatable bonds is 3. The number of nitrogens with one attached hydrogen (secondary N) is 1. The van der Waals surface area contributed by atoms with Crippen LogP contribution < -0.4 is 0 Å². The van der Waals surface area contributed by atoms with Gasteiger partial charge in [-0.15, -0.1) is 6.42 Å². The highest BCUT2D eigenvalue weighted by Gasteiger charge is 1.79. The van der Waals surface area contributed by atoms with Crippen molar-refractivity contribution in [2.45, 2.75) is 13.3 Å². The van der Waals surface area contributed by atoms with Crippen LogP contribution in [0.25, 0.3) is 0 Å². The summed E-state index contributed by atoms with van der Waals surface area (Å²) in [6.07, 6.45) is 10.3. The van der Waals surface area contributed by atoms with Crippen LogP contribution >= 0.6 is 0 Å². The van der Waals surface area contributed by atoms with Gasteiger partial charge in [0.05, 0.1) is 0 Å². The zero-order valence-electron chi connectivity index (χ0n) is 5.96. The van der Waals surface area contributed by atoms with Gasteiger partial charge in [-0.25, -0.2) is 0 Å². The highest BCUT2D eigenvalue weighted by Crippen LogP contribution is 1.90. The van der Waals surface area contributed by atoms with E-state index in [4.69, 9.17) is 11.8 Å². The summed E-state index contributed by atoms with van der Waals surface area (Å²) in [5.74, 6) is 2.40. The Morgan fingerprint density at radius 1 is 1.80 bits per heavy atom. The highest BCUT2D eigenvalue weighted by atomic mass is 14.7. The van der Waals surface area contributed by atoms with Crippen molar-refractivity contribution in [3.63, 3.8) is 0 Å². The van der Waals surface area contributed by atoms with E-state index in [0.29, 0.717) is 12.1 Å². The molecule has 2 nitrogen and oxygen atoms in total. The second-order valence-electron chi connectivity index (χ2n) is 1.57. The Kier molecular flexibility index (Phi) is 4.99. The maximum Gasteiger partial charge on any atom is 0.108 e. The molecule has 0 rings (SSSR count). The lowest BCUT2D eigenvalue weighted by Crippen LogP contribution is -1.77. The minimum atomic E-state index is 0.541. The summed E-state index contributed by atoms with van der Waals surface area (Å²) < 4.78 is 0. The zero-order valence-corrected chi connectivity index (χ0v) is 5.96. The Labute approximate surface area is 61.2 Å². The number of aliphatic imine (C=N–C) groups is 1. The summed E-state index contributed by atoms with van der Waals surface area (Å²) in [6.45, 7) is 1.83. The molecule has 10 heavy (non-hydrogen) atoms. The van der Waals surface area contributed by atoms with Gasteiger partial charge >= 0.3 is 0 Å². The largest absolute Gasteiger partial charge is 0.313 e. The van der Waals surface area contributed by atoms with Gasteiger partial charge in [0.25, 0.3) is 0 Å². The lowest BCUT2D eigenvalue weighted by molar-refractivity contribution is 1.40. The Hall–Kier alpha value is -1.36. The van der Waals surface area contributed by atoms with Gasteiger partial charge in [0.2, 0.25) is 0 Å². The summed E-state index contributed by atoms with van der Waals surface area (Å²) in [4.78, 5) is 3.90.